The van der Waals surface area contributed by atoms with Gasteiger partial charge in [0.15, 0.2) is 0 Å². The summed E-state index contributed by atoms with van der Waals surface area (Å²) in [6.07, 6.45) is 1.37. The highest BCUT2D eigenvalue weighted by atomic mass is 16.3. The van der Waals surface area contributed by atoms with Crippen molar-refractivity contribution in [2.24, 2.45) is 0 Å². The molecule has 0 radical (unpaired) electrons. The number of nitrogens with one attached hydrogen (secondary N) is 1. The summed E-state index contributed by atoms with van der Waals surface area (Å²) < 4.78 is 6.23. The summed E-state index contributed by atoms with van der Waals surface area (Å²) in [4.78, 5) is 0. The van der Waals surface area contributed by atoms with Crippen LogP contribution in [0.4, 0.5) is 0 Å². The molecule has 1 heterocycles. The Kier molecular flexibility index (Phi) is 4.33. The summed E-state index contributed by atoms with van der Waals surface area (Å²) in [5.74, 6) is 0. The molecule has 7 rings (SSSR count). The Labute approximate surface area is 202 Å². The van der Waals surface area contributed by atoms with E-state index in [-0.39, 0.29) is 0 Å². The first-order chi connectivity index (χ1) is 17.3. The first-order valence-corrected chi connectivity index (χ1v) is 11.8. The van der Waals surface area contributed by atoms with E-state index >= 15 is 0 Å². The zero-order valence-corrected chi connectivity index (χ0v) is 19.0. The van der Waals surface area contributed by atoms with Gasteiger partial charge in [-0.1, -0.05) is 91.0 Å². The van der Waals surface area contributed by atoms with E-state index in [0.717, 1.165) is 38.6 Å². The maximum atomic E-state index is 7.49. The SMILES string of the molecule is N=Cc1ccc(-c2cccc3oc4ccc(-c5ccc6c(ccc7ccccc76)c5)cc4c23)cc1. The van der Waals surface area contributed by atoms with Crippen LogP contribution in [0.5, 0.6) is 0 Å². The van der Waals surface area contributed by atoms with Crippen molar-refractivity contribution in [1.82, 2.24) is 0 Å². The third-order valence-corrected chi connectivity index (χ3v) is 6.96. The minimum Gasteiger partial charge on any atom is -0.456 e. The molecule has 0 amide bonds. The number of hydrogen-bond donors (Lipinski definition) is 1. The second-order valence-corrected chi connectivity index (χ2v) is 8.98. The predicted octanol–water partition coefficient (Wildman–Crippen LogP) is 9.22. The smallest absolute Gasteiger partial charge is 0.136 e. The largest absolute Gasteiger partial charge is 0.456 e. The lowest BCUT2D eigenvalue weighted by Gasteiger charge is -2.08. The molecule has 1 N–H and O–H groups in total. The van der Waals surface area contributed by atoms with Gasteiger partial charge in [0.05, 0.1) is 0 Å². The molecule has 0 saturated heterocycles. The van der Waals surface area contributed by atoms with Gasteiger partial charge in [0.2, 0.25) is 0 Å². The molecular weight excluding hydrogens is 426 g/mol. The molecule has 2 nitrogen and oxygen atoms in total. The van der Waals surface area contributed by atoms with Gasteiger partial charge in [-0.2, -0.15) is 0 Å². The maximum Gasteiger partial charge on any atom is 0.136 e. The van der Waals surface area contributed by atoms with Crippen LogP contribution in [0.15, 0.2) is 120 Å². The first kappa shape index (κ1) is 19.7. The van der Waals surface area contributed by atoms with Crippen LogP contribution in [0.3, 0.4) is 0 Å². The van der Waals surface area contributed by atoms with Crippen LogP contribution in [-0.2, 0) is 0 Å². The van der Waals surface area contributed by atoms with Gasteiger partial charge in [-0.05, 0) is 73.6 Å². The van der Waals surface area contributed by atoms with Gasteiger partial charge in [0, 0.05) is 17.0 Å². The summed E-state index contributed by atoms with van der Waals surface area (Å²) in [7, 11) is 0. The third kappa shape index (κ3) is 3.15. The Hall–Kier alpha value is -4.69. The molecule has 7 aromatic rings. The molecular formula is C33H21NO. The van der Waals surface area contributed by atoms with Gasteiger partial charge in [-0.15, -0.1) is 0 Å². The van der Waals surface area contributed by atoms with Gasteiger partial charge in [0.1, 0.15) is 11.2 Å². The van der Waals surface area contributed by atoms with Crippen molar-refractivity contribution in [3.63, 3.8) is 0 Å². The van der Waals surface area contributed by atoms with E-state index in [9.17, 15) is 0 Å². The molecule has 6 aromatic carbocycles. The zero-order valence-electron chi connectivity index (χ0n) is 19.0. The van der Waals surface area contributed by atoms with E-state index in [4.69, 9.17) is 9.83 Å². The minimum atomic E-state index is 0.885. The highest BCUT2D eigenvalue weighted by Gasteiger charge is 2.14. The van der Waals surface area contributed by atoms with Crippen LogP contribution in [-0.4, -0.2) is 6.21 Å². The Balaban J connectivity index is 1.42. The lowest BCUT2D eigenvalue weighted by atomic mass is 9.95. The number of benzene rings is 6. The van der Waals surface area contributed by atoms with Crippen LogP contribution >= 0.6 is 0 Å². The molecule has 0 unspecified atom stereocenters. The third-order valence-electron chi connectivity index (χ3n) is 6.96. The fraction of sp³-hybridized carbons (Fsp3) is 0. The lowest BCUT2D eigenvalue weighted by Crippen LogP contribution is -1.83. The van der Waals surface area contributed by atoms with Crippen molar-refractivity contribution in [1.29, 1.82) is 5.41 Å². The lowest BCUT2D eigenvalue weighted by molar-refractivity contribution is 0.669. The van der Waals surface area contributed by atoms with Crippen molar-refractivity contribution >= 4 is 49.7 Å². The van der Waals surface area contributed by atoms with E-state index in [2.05, 4.69) is 91.0 Å². The number of fused-ring (bicyclic) bond motifs is 6. The van der Waals surface area contributed by atoms with Gasteiger partial charge in [-0.3, -0.25) is 0 Å². The predicted molar refractivity (Wildman–Crippen MR) is 147 cm³/mol. The normalized spacial score (nSPS) is 11.5. The van der Waals surface area contributed by atoms with E-state index in [1.807, 2.05) is 24.3 Å². The van der Waals surface area contributed by atoms with Crippen molar-refractivity contribution in [3.8, 4) is 22.3 Å². The monoisotopic (exact) mass is 447 g/mol. The molecule has 164 valence electrons. The van der Waals surface area contributed by atoms with Gasteiger partial charge < -0.3 is 9.83 Å². The van der Waals surface area contributed by atoms with Gasteiger partial charge >= 0.3 is 0 Å². The first-order valence-electron chi connectivity index (χ1n) is 11.8. The second kappa shape index (κ2) is 7.68. The molecule has 0 saturated carbocycles. The summed E-state index contributed by atoms with van der Waals surface area (Å²) in [6.45, 7) is 0. The molecule has 1 aromatic heterocycles. The number of furan rings is 1. The Bertz CT molecular complexity index is 1910. The molecule has 0 fully saturated rings. The van der Waals surface area contributed by atoms with Crippen LogP contribution in [0, 0.1) is 5.41 Å². The molecule has 0 aliphatic rings. The molecule has 0 aliphatic carbocycles. The van der Waals surface area contributed by atoms with Crippen LogP contribution in [0.2, 0.25) is 0 Å². The van der Waals surface area contributed by atoms with Crippen molar-refractivity contribution in [3.05, 3.63) is 121 Å². The highest BCUT2D eigenvalue weighted by Crippen LogP contribution is 2.39. The van der Waals surface area contributed by atoms with Gasteiger partial charge in [0.25, 0.3) is 0 Å². The molecule has 0 atom stereocenters. The Morgan fingerprint density at radius 2 is 1.26 bits per heavy atom. The topological polar surface area (TPSA) is 37.0 Å². The maximum absolute atomic E-state index is 7.49. The minimum absolute atomic E-state index is 0.885. The Morgan fingerprint density at radius 1 is 0.514 bits per heavy atom. The highest BCUT2D eigenvalue weighted by molar-refractivity contribution is 6.14. The quantitative estimate of drug-likeness (QED) is 0.213. The summed E-state index contributed by atoms with van der Waals surface area (Å²) in [6, 6.07) is 40.5. The standard InChI is InChI=1S/C33H21NO/c34-20-21-8-10-23(11-9-21)29-6-3-7-32-33(29)30-19-25(15-17-31(30)35-32)24-14-16-28-26(18-24)13-12-22-4-1-2-5-27(22)28/h1-20,34H. The van der Waals surface area contributed by atoms with Crippen LogP contribution in [0.25, 0.3) is 65.7 Å². The molecule has 2 heteroatoms. The fourth-order valence-electron chi connectivity index (χ4n) is 5.20. The van der Waals surface area contributed by atoms with E-state index in [1.165, 1.54) is 38.9 Å². The molecule has 0 spiro atoms. The molecule has 35 heavy (non-hydrogen) atoms. The average molecular weight is 448 g/mol. The van der Waals surface area contributed by atoms with E-state index in [1.54, 1.807) is 0 Å². The van der Waals surface area contributed by atoms with Gasteiger partial charge in [-0.25, -0.2) is 0 Å². The average Bonchev–Trinajstić information content (AvgIpc) is 3.31. The Morgan fingerprint density at radius 3 is 2.14 bits per heavy atom. The van der Waals surface area contributed by atoms with E-state index < -0.39 is 0 Å². The summed E-state index contributed by atoms with van der Waals surface area (Å²) >= 11 is 0. The molecule has 0 aliphatic heterocycles. The summed E-state index contributed by atoms with van der Waals surface area (Å²) in [5, 5.41) is 14.8. The van der Waals surface area contributed by atoms with Crippen LogP contribution < -0.4 is 0 Å². The second-order valence-electron chi connectivity index (χ2n) is 8.98. The summed E-state index contributed by atoms with van der Waals surface area (Å²) in [5.41, 5.74) is 7.28. The molecule has 0 bridgehead atoms. The number of rotatable bonds is 3. The van der Waals surface area contributed by atoms with Crippen molar-refractivity contribution in [2.45, 2.75) is 0 Å². The number of hydrogen-bond acceptors (Lipinski definition) is 2. The van der Waals surface area contributed by atoms with E-state index in [0.29, 0.717) is 0 Å². The van der Waals surface area contributed by atoms with Crippen molar-refractivity contribution in [2.75, 3.05) is 0 Å². The van der Waals surface area contributed by atoms with Crippen LogP contribution in [0.1, 0.15) is 5.56 Å². The fourth-order valence-corrected chi connectivity index (χ4v) is 5.20. The zero-order chi connectivity index (χ0) is 23.4. The van der Waals surface area contributed by atoms with Crippen molar-refractivity contribution < 1.29 is 4.42 Å².